The van der Waals surface area contributed by atoms with Gasteiger partial charge in [0.05, 0.1) is 12.4 Å². The summed E-state index contributed by atoms with van der Waals surface area (Å²) in [6.07, 6.45) is 0.501. The highest BCUT2D eigenvalue weighted by atomic mass is 32.2. The third-order valence-corrected chi connectivity index (χ3v) is 4.59. The molecule has 0 aromatic heterocycles. The van der Waals surface area contributed by atoms with E-state index in [4.69, 9.17) is 9.84 Å². The number of hydrogen-bond donors (Lipinski definition) is 2. The van der Waals surface area contributed by atoms with Crippen molar-refractivity contribution in [3.05, 3.63) is 0 Å². The smallest absolute Gasteiger partial charge is 0.330 e. The number of nitrogens with one attached hydrogen (secondary N) is 1. The molecule has 1 rings (SSSR count). The molecular weight excluding hydrogens is 262 g/mol. The Morgan fingerprint density at radius 3 is 2.88 bits per heavy atom. The second-order valence-electron chi connectivity index (χ2n) is 3.78. The van der Waals surface area contributed by atoms with Crippen LogP contribution < -0.4 is 5.32 Å². The Morgan fingerprint density at radius 2 is 2.35 bits per heavy atom. The average molecular weight is 279 g/mol. The number of ether oxygens (including phenoxy) is 1. The van der Waals surface area contributed by atoms with Crippen LogP contribution in [0.2, 0.25) is 0 Å². The summed E-state index contributed by atoms with van der Waals surface area (Å²) in [6, 6.07) is 0. The number of carboxylic acids is 1. The van der Waals surface area contributed by atoms with E-state index < -0.39 is 11.5 Å². The monoisotopic (exact) mass is 279 g/mol. The summed E-state index contributed by atoms with van der Waals surface area (Å²) in [6.45, 7) is 0.595. The number of thioether (sulfide) groups is 2. The first kappa shape index (κ1) is 14.7. The van der Waals surface area contributed by atoms with Crippen LogP contribution in [0, 0.1) is 0 Å². The molecule has 1 unspecified atom stereocenters. The van der Waals surface area contributed by atoms with Gasteiger partial charge in [0.25, 0.3) is 0 Å². The van der Waals surface area contributed by atoms with Gasteiger partial charge in [0, 0.05) is 18.6 Å². The number of hydrogen-bond acceptors (Lipinski definition) is 5. The maximum absolute atomic E-state index is 11.6. The molecule has 2 N–H and O–H groups in total. The highest BCUT2D eigenvalue weighted by Crippen LogP contribution is 2.28. The summed E-state index contributed by atoms with van der Waals surface area (Å²) in [7, 11) is 1.61. The fourth-order valence-electron chi connectivity index (χ4n) is 1.50. The van der Waals surface area contributed by atoms with Crippen molar-refractivity contribution in [2.75, 3.05) is 36.7 Å². The predicted octanol–water partition coefficient (Wildman–Crippen LogP) is 0.443. The van der Waals surface area contributed by atoms with E-state index in [1.165, 1.54) is 11.8 Å². The molecule has 1 aliphatic heterocycles. The van der Waals surface area contributed by atoms with Crippen LogP contribution in [0.1, 0.15) is 6.42 Å². The number of methoxy groups -OCH3 is 1. The van der Waals surface area contributed by atoms with E-state index in [1.54, 1.807) is 18.9 Å². The summed E-state index contributed by atoms with van der Waals surface area (Å²) in [5.74, 6) is 1.11. The number of carbonyl (C=O) groups excluding carboxylic acids is 1. The number of carbonyl (C=O) groups is 2. The topological polar surface area (TPSA) is 75.6 Å². The molecule has 0 spiro atoms. The lowest BCUT2D eigenvalue weighted by atomic mass is 9.99. The Balaban J connectivity index is 2.35. The standard InChI is InChI=1S/C10H17NO4S2/c1-15-3-5-16-6-8(12)11-10(9(13)14)2-4-17-7-10/h2-7H2,1H3,(H,11,12)(H,13,14). The quantitative estimate of drug-likeness (QED) is 0.659. The van der Waals surface area contributed by atoms with Gasteiger partial charge in [-0.15, -0.1) is 11.8 Å². The first-order chi connectivity index (χ1) is 8.10. The molecule has 0 aromatic rings. The van der Waals surface area contributed by atoms with E-state index >= 15 is 0 Å². The third-order valence-electron chi connectivity index (χ3n) is 2.47. The molecule has 1 saturated heterocycles. The van der Waals surface area contributed by atoms with Crippen molar-refractivity contribution in [2.24, 2.45) is 0 Å². The van der Waals surface area contributed by atoms with Crippen LogP contribution in [0.5, 0.6) is 0 Å². The van der Waals surface area contributed by atoms with E-state index in [0.29, 0.717) is 18.8 Å². The summed E-state index contributed by atoms with van der Waals surface area (Å²) >= 11 is 3.00. The molecule has 5 nitrogen and oxygen atoms in total. The van der Waals surface area contributed by atoms with Crippen molar-refractivity contribution in [3.63, 3.8) is 0 Å². The van der Waals surface area contributed by atoms with E-state index in [9.17, 15) is 9.59 Å². The van der Waals surface area contributed by atoms with E-state index in [1.807, 2.05) is 0 Å². The van der Waals surface area contributed by atoms with E-state index in [0.717, 1.165) is 11.5 Å². The first-order valence-electron chi connectivity index (χ1n) is 5.29. The minimum absolute atomic E-state index is 0.212. The maximum atomic E-state index is 11.6. The van der Waals surface area contributed by atoms with Gasteiger partial charge in [-0.2, -0.15) is 11.8 Å². The zero-order valence-electron chi connectivity index (χ0n) is 9.73. The maximum Gasteiger partial charge on any atom is 0.330 e. The van der Waals surface area contributed by atoms with Crippen LogP contribution in [0.3, 0.4) is 0 Å². The van der Waals surface area contributed by atoms with Crippen LogP contribution in [-0.2, 0) is 14.3 Å². The minimum Gasteiger partial charge on any atom is -0.479 e. The normalized spacial score (nSPS) is 23.6. The second-order valence-corrected chi connectivity index (χ2v) is 5.99. The van der Waals surface area contributed by atoms with Gasteiger partial charge < -0.3 is 15.2 Å². The van der Waals surface area contributed by atoms with Crippen LogP contribution in [0.4, 0.5) is 0 Å². The van der Waals surface area contributed by atoms with Crippen LogP contribution >= 0.6 is 23.5 Å². The van der Waals surface area contributed by atoms with Crippen molar-refractivity contribution in [2.45, 2.75) is 12.0 Å². The molecule has 0 saturated carbocycles. The number of aliphatic carboxylic acids is 1. The zero-order chi connectivity index (χ0) is 12.7. The molecule has 0 aliphatic carbocycles. The van der Waals surface area contributed by atoms with Crippen molar-refractivity contribution < 1.29 is 19.4 Å². The summed E-state index contributed by atoms with van der Waals surface area (Å²) < 4.78 is 4.87. The number of amides is 1. The molecule has 1 heterocycles. The van der Waals surface area contributed by atoms with Crippen molar-refractivity contribution >= 4 is 35.4 Å². The van der Waals surface area contributed by atoms with Gasteiger partial charge >= 0.3 is 5.97 Å². The fourth-order valence-corrected chi connectivity index (χ4v) is 3.51. The first-order valence-corrected chi connectivity index (χ1v) is 7.60. The number of rotatable bonds is 7. The predicted molar refractivity (Wildman–Crippen MR) is 69.7 cm³/mol. The molecule has 1 aliphatic rings. The van der Waals surface area contributed by atoms with Gasteiger partial charge in [-0.05, 0) is 12.2 Å². The van der Waals surface area contributed by atoms with Crippen LogP contribution in [0.25, 0.3) is 0 Å². The molecular formula is C10H17NO4S2. The summed E-state index contributed by atoms with van der Waals surface area (Å²) in [5.41, 5.74) is -1.05. The van der Waals surface area contributed by atoms with Gasteiger partial charge in [0.15, 0.2) is 0 Å². The average Bonchev–Trinajstić information content (AvgIpc) is 2.74. The summed E-state index contributed by atoms with van der Waals surface area (Å²) in [5, 5.41) is 11.8. The highest BCUT2D eigenvalue weighted by Gasteiger charge is 2.43. The zero-order valence-corrected chi connectivity index (χ0v) is 11.4. The molecule has 0 bridgehead atoms. The molecule has 7 heteroatoms. The molecule has 0 aromatic carbocycles. The lowest BCUT2D eigenvalue weighted by Crippen LogP contribution is -2.55. The molecule has 1 atom stereocenters. The Labute approximate surface area is 109 Å². The second kappa shape index (κ2) is 7.13. The van der Waals surface area contributed by atoms with Gasteiger partial charge in [-0.3, -0.25) is 4.79 Å². The Hall–Kier alpha value is -0.400. The lowest BCUT2D eigenvalue weighted by Gasteiger charge is -2.24. The van der Waals surface area contributed by atoms with E-state index in [-0.39, 0.29) is 11.7 Å². The number of carboxylic acid groups (broad SMARTS) is 1. The summed E-state index contributed by atoms with van der Waals surface area (Å²) in [4.78, 5) is 22.8. The minimum atomic E-state index is -1.05. The van der Waals surface area contributed by atoms with Crippen molar-refractivity contribution in [1.29, 1.82) is 0 Å². The third kappa shape index (κ3) is 4.40. The van der Waals surface area contributed by atoms with Crippen LogP contribution in [0.15, 0.2) is 0 Å². The molecule has 98 valence electrons. The lowest BCUT2D eigenvalue weighted by molar-refractivity contribution is -0.146. The van der Waals surface area contributed by atoms with Gasteiger partial charge in [-0.1, -0.05) is 0 Å². The Morgan fingerprint density at radius 1 is 1.59 bits per heavy atom. The Bertz CT molecular complexity index is 279. The molecule has 1 fully saturated rings. The highest BCUT2D eigenvalue weighted by molar-refractivity contribution is 8.00. The SMILES string of the molecule is COCCSCC(=O)NC1(C(=O)O)CCSC1. The molecule has 1 amide bonds. The molecule has 17 heavy (non-hydrogen) atoms. The Kier molecular flexibility index (Phi) is 6.15. The van der Waals surface area contributed by atoms with Gasteiger partial charge in [-0.25, -0.2) is 4.79 Å². The molecule has 0 radical (unpaired) electrons. The fraction of sp³-hybridized carbons (Fsp3) is 0.800. The van der Waals surface area contributed by atoms with E-state index in [2.05, 4.69) is 5.32 Å². The van der Waals surface area contributed by atoms with Gasteiger partial charge in [0.1, 0.15) is 5.54 Å². The van der Waals surface area contributed by atoms with Crippen molar-refractivity contribution in [1.82, 2.24) is 5.32 Å². The largest absolute Gasteiger partial charge is 0.479 e. The van der Waals surface area contributed by atoms with Crippen molar-refractivity contribution in [3.8, 4) is 0 Å². The van der Waals surface area contributed by atoms with Crippen LogP contribution in [-0.4, -0.2) is 59.3 Å². The van der Waals surface area contributed by atoms with Gasteiger partial charge in [0.2, 0.25) is 5.91 Å².